The molecule has 19 nitrogen and oxygen atoms in total. The van der Waals surface area contributed by atoms with Crippen LogP contribution in [0.3, 0.4) is 0 Å². The Bertz CT molecular complexity index is 1330. The van der Waals surface area contributed by atoms with Gasteiger partial charge in [-0.1, -0.05) is 0 Å². The topological polar surface area (TPSA) is 291 Å². The Labute approximate surface area is 201 Å². The molecule has 19 heteroatoms. The molecule has 0 aliphatic rings. The number of carbonyl (C=O) groups excluding carboxylic acids is 4. The number of imidazole rings is 1. The third-order valence-electron chi connectivity index (χ3n) is 5.26. The Morgan fingerprint density at radius 1 is 0.528 bits per heavy atom. The van der Waals surface area contributed by atoms with Crippen molar-refractivity contribution in [2.45, 2.75) is 51.9 Å². The van der Waals surface area contributed by atoms with Crippen molar-refractivity contribution in [3.63, 3.8) is 0 Å². The molecule has 0 atom stereocenters. The van der Waals surface area contributed by atoms with Crippen LogP contribution >= 0.6 is 0 Å². The van der Waals surface area contributed by atoms with Crippen LogP contribution in [-0.2, 0) is 45.4 Å². The summed E-state index contributed by atoms with van der Waals surface area (Å²) < 4.78 is 3.62. The Morgan fingerprint density at radius 3 is 1.19 bits per heavy atom. The number of nitrogens with zero attached hydrogens (tertiary/aromatic N) is 4. The van der Waals surface area contributed by atoms with Gasteiger partial charge in [0, 0.05) is 51.9 Å². The fourth-order valence-electron chi connectivity index (χ4n) is 3.47. The summed E-state index contributed by atoms with van der Waals surface area (Å²) in [6.07, 6.45) is -1.26. The molecule has 0 aliphatic heterocycles. The normalized spacial score (nSPS) is 10.8. The van der Waals surface area contributed by atoms with Crippen LogP contribution in [-0.4, -0.2) is 41.9 Å². The maximum atomic E-state index is 13.4. The zero-order chi connectivity index (χ0) is 27.0. The van der Waals surface area contributed by atoms with E-state index in [2.05, 4.69) is 0 Å². The van der Waals surface area contributed by atoms with Crippen LogP contribution in [0, 0.1) is 0 Å². The largest absolute Gasteiger partial charge is 0.332 e. The van der Waals surface area contributed by atoms with Crippen molar-refractivity contribution in [3.8, 4) is 0 Å². The lowest BCUT2D eigenvalue weighted by Crippen LogP contribution is -2.43. The molecule has 36 heavy (non-hydrogen) atoms. The molecular weight excluding hydrogens is 484 g/mol. The van der Waals surface area contributed by atoms with Crippen molar-refractivity contribution < 1.29 is 19.2 Å². The van der Waals surface area contributed by atoms with Crippen LogP contribution in [0.4, 0.5) is 0 Å². The van der Waals surface area contributed by atoms with E-state index in [0.717, 1.165) is 13.7 Å². The number of nitrogens with two attached hydrogens (primary N) is 4. The Balaban J connectivity index is 2.87. The van der Waals surface area contributed by atoms with E-state index in [0.29, 0.717) is 4.57 Å². The van der Waals surface area contributed by atoms with Gasteiger partial charge in [0.05, 0.1) is 0 Å². The number of hydrogen-bond acceptors (Lipinski definition) is 11. The van der Waals surface area contributed by atoms with Gasteiger partial charge in [0.25, 0.3) is 5.56 Å². The molecule has 0 aromatic carbocycles. The number of hydrogen-bond donors (Lipinski definition) is 8. The van der Waals surface area contributed by atoms with E-state index in [4.69, 9.17) is 23.4 Å². The minimum Gasteiger partial charge on any atom is -0.294 e. The number of aromatic nitrogens is 4. The SMILES string of the molecule is NNC(=O)CCn1c(=O)c2c(n(CCC(=O)NN)c1=O)n(CCC(=O)NN)c(=O)n2CCC(=O)NN. The van der Waals surface area contributed by atoms with E-state index >= 15 is 0 Å². The molecule has 0 saturated carbocycles. The predicted octanol–water partition coefficient (Wildman–Crippen LogP) is -6.35. The summed E-state index contributed by atoms with van der Waals surface area (Å²) in [4.78, 5) is 86.8. The smallest absolute Gasteiger partial charge is 0.294 e. The molecule has 12 N–H and O–H groups in total. The first-order chi connectivity index (χ1) is 17.1. The fraction of sp³-hybridized carbons (Fsp3) is 0.471. The predicted molar refractivity (Wildman–Crippen MR) is 123 cm³/mol. The fourth-order valence-corrected chi connectivity index (χ4v) is 3.47. The summed E-state index contributed by atoms with van der Waals surface area (Å²) in [7, 11) is 0. The summed E-state index contributed by atoms with van der Waals surface area (Å²) in [6, 6.07) is 0. The van der Waals surface area contributed by atoms with Crippen molar-refractivity contribution in [2.24, 2.45) is 23.4 Å². The minimum atomic E-state index is -0.938. The first-order valence-electron chi connectivity index (χ1n) is 10.6. The molecular formula is C17H28N12O7. The molecule has 0 aliphatic carbocycles. The van der Waals surface area contributed by atoms with Gasteiger partial charge >= 0.3 is 11.4 Å². The number of rotatable bonds is 12. The van der Waals surface area contributed by atoms with Crippen molar-refractivity contribution in [2.75, 3.05) is 0 Å². The van der Waals surface area contributed by atoms with Gasteiger partial charge < -0.3 is 0 Å². The lowest BCUT2D eigenvalue weighted by molar-refractivity contribution is -0.122. The van der Waals surface area contributed by atoms with Gasteiger partial charge in [-0.05, 0) is 0 Å². The summed E-state index contributed by atoms with van der Waals surface area (Å²) in [5.74, 6) is 17.8. The van der Waals surface area contributed by atoms with E-state index in [1.807, 2.05) is 21.7 Å². The maximum Gasteiger partial charge on any atom is 0.332 e. The number of nitrogens with one attached hydrogen (secondary N) is 4. The highest BCUT2D eigenvalue weighted by atomic mass is 16.2. The van der Waals surface area contributed by atoms with Gasteiger partial charge in [-0.25, -0.2) is 33.0 Å². The van der Waals surface area contributed by atoms with Crippen molar-refractivity contribution >= 4 is 34.8 Å². The molecule has 0 fully saturated rings. The van der Waals surface area contributed by atoms with Gasteiger partial charge in [-0.2, -0.15) is 0 Å². The number of hydrazine groups is 4. The van der Waals surface area contributed by atoms with Crippen molar-refractivity contribution in [1.82, 2.24) is 40.0 Å². The third-order valence-corrected chi connectivity index (χ3v) is 5.26. The summed E-state index contributed by atoms with van der Waals surface area (Å²) in [5, 5.41) is 0. The van der Waals surface area contributed by atoms with Gasteiger partial charge in [-0.15, -0.1) is 0 Å². The monoisotopic (exact) mass is 512 g/mol. The molecule has 0 unspecified atom stereocenters. The molecule has 0 saturated heterocycles. The average Bonchev–Trinajstić information content (AvgIpc) is 3.15. The second-order valence-corrected chi connectivity index (χ2v) is 7.42. The molecule has 2 aromatic rings. The van der Waals surface area contributed by atoms with Crippen LogP contribution in [0.1, 0.15) is 25.7 Å². The van der Waals surface area contributed by atoms with Gasteiger partial charge in [0.1, 0.15) is 0 Å². The highest BCUT2D eigenvalue weighted by Gasteiger charge is 2.25. The zero-order valence-electron chi connectivity index (χ0n) is 19.1. The third kappa shape index (κ3) is 6.02. The number of carbonyl (C=O) groups is 4. The summed E-state index contributed by atoms with van der Waals surface area (Å²) in [6.45, 7) is -1.33. The Morgan fingerprint density at radius 2 is 0.833 bits per heavy atom. The van der Waals surface area contributed by atoms with E-state index in [9.17, 15) is 33.6 Å². The standard InChI is InChI=1S/C17H28N12O7/c18-22-9(30)1-5-26-13-14(27(16(26)35)6-2-10(31)23-19)28(7-3-11(32)24-20)17(36)29(15(13)34)8-4-12(33)25-21/h1-8,18-21H2,(H,22,30)(H,23,31)(H,24,32)(H,25,33). The molecule has 198 valence electrons. The molecule has 0 bridgehead atoms. The van der Waals surface area contributed by atoms with Gasteiger partial charge in [-0.3, -0.25) is 63.9 Å². The average molecular weight is 512 g/mol. The lowest BCUT2D eigenvalue weighted by atomic mass is 10.3. The molecule has 2 aromatic heterocycles. The summed E-state index contributed by atoms with van der Waals surface area (Å²) in [5.41, 5.74) is 4.42. The number of amides is 4. The highest BCUT2D eigenvalue weighted by molar-refractivity contribution is 5.78. The van der Waals surface area contributed by atoms with Crippen molar-refractivity contribution in [1.29, 1.82) is 0 Å². The second kappa shape index (κ2) is 12.4. The number of aryl methyl sites for hydroxylation is 3. The van der Waals surface area contributed by atoms with Crippen molar-refractivity contribution in [3.05, 3.63) is 31.3 Å². The maximum absolute atomic E-state index is 13.4. The molecule has 4 amide bonds. The molecule has 0 spiro atoms. The first kappa shape index (κ1) is 27.9. The zero-order valence-corrected chi connectivity index (χ0v) is 19.1. The lowest BCUT2D eigenvalue weighted by Gasteiger charge is -2.14. The van der Waals surface area contributed by atoms with Crippen LogP contribution in [0.25, 0.3) is 11.2 Å². The van der Waals surface area contributed by atoms with Crippen LogP contribution in [0.15, 0.2) is 14.4 Å². The second-order valence-electron chi connectivity index (χ2n) is 7.42. The quantitative estimate of drug-likeness (QED) is 0.0751. The molecule has 2 heterocycles. The van der Waals surface area contributed by atoms with E-state index in [1.165, 1.54) is 0 Å². The number of fused-ring (bicyclic) bond motifs is 1. The van der Waals surface area contributed by atoms with Gasteiger partial charge in [0.2, 0.25) is 23.6 Å². The molecule has 2 rings (SSSR count). The summed E-state index contributed by atoms with van der Waals surface area (Å²) >= 11 is 0. The minimum absolute atomic E-state index is 0.197. The van der Waals surface area contributed by atoms with Crippen LogP contribution in [0.5, 0.6) is 0 Å². The van der Waals surface area contributed by atoms with E-state index in [-0.39, 0.29) is 56.5 Å². The Kier molecular flexibility index (Phi) is 9.61. The Hall–Kier alpha value is -4.33. The highest BCUT2D eigenvalue weighted by Crippen LogP contribution is 2.11. The van der Waals surface area contributed by atoms with Gasteiger partial charge in [0.15, 0.2) is 11.2 Å². The molecule has 0 radical (unpaired) electrons. The van der Waals surface area contributed by atoms with E-state index < -0.39 is 47.1 Å². The van der Waals surface area contributed by atoms with Crippen LogP contribution < -0.4 is 62.0 Å². The first-order valence-corrected chi connectivity index (χ1v) is 10.6. The van der Waals surface area contributed by atoms with Crippen LogP contribution in [0.2, 0.25) is 0 Å². The van der Waals surface area contributed by atoms with E-state index in [1.54, 1.807) is 0 Å².